The molecule has 0 aliphatic carbocycles. The molecular formula is C12H14O4S. The Morgan fingerprint density at radius 1 is 1.29 bits per heavy atom. The number of hydrogen-bond donors (Lipinski definition) is 1. The molecule has 17 heavy (non-hydrogen) atoms. The van der Waals surface area contributed by atoms with Crippen LogP contribution in [0.15, 0.2) is 30.3 Å². The van der Waals surface area contributed by atoms with Crippen molar-refractivity contribution in [2.75, 3.05) is 5.75 Å². The van der Waals surface area contributed by atoms with Gasteiger partial charge in [-0.2, -0.15) is 0 Å². The van der Waals surface area contributed by atoms with Gasteiger partial charge in [0, 0.05) is 23.0 Å². The van der Waals surface area contributed by atoms with E-state index in [9.17, 15) is 13.8 Å². The standard InChI is InChI=1S/C12H14O4S/c1-9(13)7-8-17(16)11(12(14)15)10-5-3-2-4-6-10/h2-6,11H,7-8H2,1H3,(H,14,15). The molecular weight excluding hydrogens is 240 g/mol. The van der Waals surface area contributed by atoms with Gasteiger partial charge in [0.15, 0.2) is 5.25 Å². The molecule has 0 fully saturated rings. The fourth-order valence-corrected chi connectivity index (χ4v) is 2.81. The van der Waals surface area contributed by atoms with E-state index < -0.39 is 22.0 Å². The number of carbonyl (C=O) groups is 2. The summed E-state index contributed by atoms with van der Waals surface area (Å²) < 4.78 is 11.9. The lowest BCUT2D eigenvalue weighted by atomic mass is 10.1. The molecule has 0 radical (unpaired) electrons. The van der Waals surface area contributed by atoms with Gasteiger partial charge < -0.3 is 5.11 Å². The van der Waals surface area contributed by atoms with Crippen LogP contribution in [-0.2, 0) is 20.4 Å². The van der Waals surface area contributed by atoms with Crippen molar-refractivity contribution in [3.05, 3.63) is 35.9 Å². The van der Waals surface area contributed by atoms with E-state index in [1.165, 1.54) is 6.92 Å². The molecule has 0 saturated heterocycles. The van der Waals surface area contributed by atoms with Crippen LogP contribution in [0.25, 0.3) is 0 Å². The van der Waals surface area contributed by atoms with Crippen molar-refractivity contribution in [2.24, 2.45) is 0 Å². The number of carboxylic acid groups (broad SMARTS) is 1. The maximum absolute atomic E-state index is 11.9. The zero-order chi connectivity index (χ0) is 12.8. The van der Waals surface area contributed by atoms with E-state index in [0.717, 1.165) is 0 Å². The second-order valence-corrected chi connectivity index (χ2v) is 5.31. The van der Waals surface area contributed by atoms with Gasteiger partial charge in [0.05, 0.1) is 0 Å². The highest BCUT2D eigenvalue weighted by atomic mass is 32.2. The quantitative estimate of drug-likeness (QED) is 0.835. The second kappa shape index (κ2) is 6.30. The number of ketones is 1. The van der Waals surface area contributed by atoms with Crippen molar-refractivity contribution in [2.45, 2.75) is 18.6 Å². The van der Waals surface area contributed by atoms with Gasteiger partial charge in [-0.25, -0.2) is 0 Å². The Labute approximate surface area is 102 Å². The summed E-state index contributed by atoms with van der Waals surface area (Å²) in [6.07, 6.45) is 0.142. The topological polar surface area (TPSA) is 71.4 Å². The van der Waals surface area contributed by atoms with E-state index in [4.69, 9.17) is 5.11 Å². The third kappa shape index (κ3) is 4.11. The minimum atomic E-state index is -1.58. The first kappa shape index (κ1) is 13.6. The van der Waals surface area contributed by atoms with Crippen LogP contribution in [0.2, 0.25) is 0 Å². The van der Waals surface area contributed by atoms with Gasteiger partial charge in [0.25, 0.3) is 0 Å². The van der Waals surface area contributed by atoms with E-state index in [-0.39, 0.29) is 18.0 Å². The van der Waals surface area contributed by atoms with E-state index in [0.29, 0.717) is 5.56 Å². The third-order valence-corrected chi connectivity index (χ3v) is 3.85. The maximum Gasteiger partial charge on any atom is 0.323 e. The lowest BCUT2D eigenvalue weighted by Gasteiger charge is -2.11. The molecule has 2 unspecified atom stereocenters. The average molecular weight is 254 g/mol. The van der Waals surface area contributed by atoms with Crippen molar-refractivity contribution in [3.63, 3.8) is 0 Å². The number of carboxylic acids is 1. The normalized spacial score (nSPS) is 13.9. The van der Waals surface area contributed by atoms with Gasteiger partial charge in [-0.3, -0.25) is 13.8 Å². The molecule has 4 nitrogen and oxygen atoms in total. The number of benzene rings is 1. The second-order valence-electron chi connectivity index (χ2n) is 3.67. The van der Waals surface area contributed by atoms with Crippen molar-refractivity contribution in [1.82, 2.24) is 0 Å². The minimum Gasteiger partial charge on any atom is -0.480 e. The first-order chi connectivity index (χ1) is 8.02. The van der Waals surface area contributed by atoms with Crippen molar-refractivity contribution >= 4 is 22.6 Å². The van der Waals surface area contributed by atoms with Crippen LogP contribution in [0.3, 0.4) is 0 Å². The van der Waals surface area contributed by atoms with Crippen LogP contribution in [0.4, 0.5) is 0 Å². The molecule has 0 amide bonds. The lowest BCUT2D eigenvalue weighted by molar-refractivity contribution is -0.136. The molecule has 92 valence electrons. The molecule has 0 saturated carbocycles. The molecule has 1 aromatic rings. The van der Waals surface area contributed by atoms with Crippen LogP contribution >= 0.6 is 0 Å². The number of rotatable bonds is 6. The Morgan fingerprint density at radius 3 is 2.35 bits per heavy atom. The fourth-order valence-electron chi connectivity index (χ4n) is 1.40. The van der Waals surface area contributed by atoms with E-state index in [2.05, 4.69) is 0 Å². The Hall–Kier alpha value is -1.49. The maximum atomic E-state index is 11.9. The van der Waals surface area contributed by atoms with E-state index in [1.54, 1.807) is 30.3 Å². The van der Waals surface area contributed by atoms with E-state index in [1.807, 2.05) is 0 Å². The highest BCUT2D eigenvalue weighted by molar-refractivity contribution is 7.86. The SMILES string of the molecule is CC(=O)CCS(=O)C(C(=O)O)c1ccccc1. The Morgan fingerprint density at radius 2 is 1.88 bits per heavy atom. The molecule has 0 bridgehead atoms. The van der Waals surface area contributed by atoms with Gasteiger partial charge >= 0.3 is 5.97 Å². The lowest BCUT2D eigenvalue weighted by Crippen LogP contribution is -2.20. The largest absolute Gasteiger partial charge is 0.480 e. The summed E-state index contributed by atoms with van der Waals surface area (Å²) in [5.41, 5.74) is 0.502. The summed E-state index contributed by atoms with van der Waals surface area (Å²) >= 11 is 0. The molecule has 1 rings (SSSR count). The summed E-state index contributed by atoms with van der Waals surface area (Å²) in [7, 11) is -1.58. The monoisotopic (exact) mass is 254 g/mol. The minimum absolute atomic E-state index is 0.0845. The van der Waals surface area contributed by atoms with Crippen LogP contribution in [0, 0.1) is 0 Å². The number of aliphatic carboxylic acids is 1. The third-order valence-electron chi connectivity index (χ3n) is 2.24. The first-order valence-corrected chi connectivity index (χ1v) is 6.55. The van der Waals surface area contributed by atoms with Gasteiger partial charge in [-0.15, -0.1) is 0 Å². The molecule has 0 aromatic heterocycles. The zero-order valence-corrected chi connectivity index (χ0v) is 10.3. The molecule has 1 N–H and O–H groups in total. The number of hydrogen-bond acceptors (Lipinski definition) is 3. The molecule has 1 aromatic carbocycles. The van der Waals surface area contributed by atoms with Crippen molar-refractivity contribution < 1.29 is 18.9 Å². The summed E-state index contributed by atoms with van der Waals surface area (Å²) in [6.45, 7) is 1.40. The summed E-state index contributed by atoms with van der Waals surface area (Å²) in [4.78, 5) is 21.9. The first-order valence-electron chi connectivity index (χ1n) is 5.16. The molecule has 0 heterocycles. The molecule has 5 heteroatoms. The van der Waals surface area contributed by atoms with Crippen molar-refractivity contribution in [3.8, 4) is 0 Å². The molecule has 0 aliphatic heterocycles. The predicted molar refractivity (Wildman–Crippen MR) is 65.1 cm³/mol. The van der Waals surface area contributed by atoms with Gasteiger partial charge in [-0.05, 0) is 12.5 Å². The summed E-state index contributed by atoms with van der Waals surface area (Å²) in [5.74, 6) is -1.13. The number of carbonyl (C=O) groups excluding carboxylic acids is 1. The van der Waals surface area contributed by atoms with Crippen LogP contribution in [0.5, 0.6) is 0 Å². The highest BCUT2D eigenvalue weighted by Gasteiger charge is 2.26. The van der Waals surface area contributed by atoms with E-state index >= 15 is 0 Å². The Bertz CT molecular complexity index is 427. The average Bonchev–Trinajstić information content (AvgIpc) is 2.27. The Kier molecular flexibility index (Phi) is 5.03. The van der Waals surface area contributed by atoms with Crippen LogP contribution < -0.4 is 0 Å². The molecule has 0 spiro atoms. The molecule has 2 atom stereocenters. The van der Waals surface area contributed by atoms with Crippen LogP contribution in [-0.4, -0.2) is 26.8 Å². The number of Topliss-reactive ketones (excluding diaryl/α,β-unsaturated/α-hetero) is 1. The van der Waals surface area contributed by atoms with Gasteiger partial charge in [0.2, 0.25) is 0 Å². The van der Waals surface area contributed by atoms with Gasteiger partial charge in [-0.1, -0.05) is 30.3 Å². The van der Waals surface area contributed by atoms with Crippen LogP contribution in [0.1, 0.15) is 24.2 Å². The fraction of sp³-hybridized carbons (Fsp3) is 0.333. The summed E-state index contributed by atoms with van der Waals surface area (Å²) in [6, 6.07) is 8.43. The summed E-state index contributed by atoms with van der Waals surface area (Å²) in [5, 5.41) is 8.02. The smallest absolute Gasteiger partial charge is 0.323 e. The zero-order valence-electron chi connectivity index (χ0n) is 9.46. The highest BCUT2D eigenvalue weighted by Crippen LogP contribution is 2.20. The molecule has 0 aliphatic rings. The van der Waals surface area contributed by atoms with Crippen molar-refractivity contribution in [1.29, 1.82) is 0 Å². The predicted octanol–water partition coefficient (Wildman–Crippen LogP) is 1.54. The van der Waals surface area contributed by atoms with Gasteiger partial charge in [0.1, 0.15) is 5.78 Å². The Balaban J connectivity index is 2.84.